The van der Waals surface area contributed by atoms with Crippen LogP contribution in [0, 0.1) is 18.7 Å². The van der Waals surface area contributed by atoms with Gasteiger partial charge in [-0.05, 0) is 83.8 Å². The third-order valence-electron chi connectivity index (χ3n) is 12.5. The topological polar surface area (TPSA) is 7.76 Å². The van der Waals surface area contributed by atoms with Crippen LogP contribution in [0.2, 0.25) is 0 Å². The van der Waals surface area contributed by atoms with Crippen molar-refractivity contribution in [2.75, 3.05) is 0 Å². The molecule has 1 unspecified atom stereocenters. The van der Waals surface area contributed by atoms with E-state index in [9.17, 15) is 0 Å². The van der Waals surface area contributed by atoms with Crippen molar-refractivity contribution in [3.8, 4) is 22.5 Å². The zero-order valence-corrected chi connectivity index (χ0v) is 30.0. The number of hydrogen-bond donors (Lipinski definition) is 0. The monoisotopic (exact) mass is 648 g/mol. The molecule has 0 amide bonds. The second kappa shape index (κ2) is 11.9. The Kier molecular flexibility index (Phi) is 7.74. The highest BCUT2D eigenvalue weighted by Gasteiger charge is 2.52. The number of aromatic nitrogens is 2. The van der Waals surface area contributed by atoms with Gasteiger partial charge in [0.05, 0.1) is 22.3 Å². The van der Waals surface area contributed by atoms with E-state index in [-0.39, 0.29) is 17.2 Å². The lowest BCUT2D eigenvalue weighted by Crippen LogP contribution is -2.52. The van der Waals surface area contributed by atoms with Crippen LogP contribution in [0.15, 0.2) is 97.3 Å². The second-order valence-corrected chi connectivity index (χ2v) is 15.2. The lowest BCUT2D eigenvalue weighted by Gasteiger charge is -2.39. The molecule has 0 spiro atoms. The highest BCUT2D eigenvalue weighted by Crippen LogP contribution is 2.55. The van der Waals surface area contributed by atoms with E-state index < -0.39 is 5.41 Å². The molecule has 1 aliphatic heterocycles. The number of hydrogen-bond acceptors (Lipinski definition) is 0. The van der Waals surface area contributed by atoms with E-state index in [0.717, 1.165) is 43.5 Å². The molecular formula is C46H49FN2+2. The van der Waals surface area contributed by atoms with Gasteiger partial charge in [-0.15, -0.1) is 0 Å². The van der Waals surface area contributed by atoms with Crippen molar-refractivity contribution in [3.63, 3.8) is 0 Å². The van der Waals surface area contributed by atoms with Crippen LogP contribution in [-0.2, 0) is 30.3 Å². The summed E-state index contributed by atoms with van der Waals surface area (Å²) >= 11 is 0. The van der Waals surface area contributed by atoms with Crippen LogP contribution in [0.25, 0.3) is 44.1 Å². The van der Waals surface area contributed by atoms with Crippen LogP contribution < -0.4 is 9.13 Å². The van der Waals surface area contributed by atoms with Crippen molar-refractivity contribution in [1.82, 2.24) is 0 Å². The minimum atomic E-state index is -0.457. The summed E-state index contributed by atoms with van der Waals surface area (Å²) in [5.74, 6) is 0.184. The van der Waals surface area contributed by atoms with Crippen molar-refractivity contribution in [3.05, 3.63) is 131 Å². The molecule has 3 heterocycles. The third-order valence-corrected chi connectivity index (χ3v) is 12.5. The second-order valence-electron chi connectivity index (χ2n) is 15.2. The molecule has 2 aliphatic rings. The maximum absolute atomic E-state index is 16.5. The molecule has 3 heteroatoms. The van der Waals surface area contributed by atoms with Crippen LogP contribution in [-0.4, -0.2) is 0 Å². The first-order valence-corrected chi connectivity index (χ1v) is 18.5. The van der Waals surface area contributed by atoms with Gasteiger partial charge in [0.2, 0.25) is 11.4 Å². The summed E-state index contributed by atoms with van der Waals surface area (Å²) < 4.78 is 21.5. The first-order valence-electron chi connectivity index (χ1n) is 18.5. The molecule has 0 saturated heterocycles. The quantitative estimate of drug-likeness (QED) is 0.145. The highest BCUT2D eigenvalue weighted by atomic mass is 19.1. The number of rotatable bonds is 8. The van der Waals surface area contributed by atoms with Gasteiger partial charge in [0.1, 0.15) is 5.82 Å². The number of fused-ring (bicyclic) bond motifs is 1. The van der Waals surface area contributed by atoms with E-state index in [1.165, 1.54) is 73.6 Å². The first kappa shape index (κ1) is 31.9. The van der Waals surface area contributed by atoms with E-state index >= 15 is 4.39 Å². The van der Waals surface area contributed by atoms with Crippen LogP contribution in [0.3, 0.4) is 0 Å². The fourth-order valence-corrected chi connectivity index (χ4v) is 9.86. The summed E-state index contributed by atoms with van der Waals surface area (Å²) in [4.78, 5) is 0. The molecular weight excluding hydrogens is 600 g/mol. The number of nitrogens with zero attached hydrogens (tertiary/aromatic N) is 2. The summed E-state index contributed by atoms with van der Waals surface area (Å²) in [6, 6.07) is 30.8. The number of halogens is 1. The molecule has 2 aromatic heterocycles. The largest absolute Gasteiger partial charge is 0.221 e. The maximum atomic E-state index is 16.5. The Morgan fingerprint density at radius 3 is 2.31 bits per heavy atom. The van der Waals surface area contributed by atoms with Crippen molar-refractivity contribution in [2.24, 2.45) is 5.92 Å². The number of unbranched alkanes of at least 4 members (excludes halogenated alkanes) is 1. The average molecular weight is 649 g/mol. The van der Waals surface area contributed by atoms with E-state index in [1.54, 1.807) is 6.07 Å². The highest BCUT2D eigenvalue weighted by molar-refractivity contribution is 6.02. The Morgan fingerprint density at radius 1 is 0.776 bits per heavy atom. The Hall–Kier alpha value is -4.37. The molecule has 4 aromatic carbocycles. The third kappa shape index (κ3) is 4.64. The minimum Gasteiger partial charge on any atom is -0.207 e. The normalized spacial score (nSPS) is 17.0. The maximum Gasteiger partial charge on any atom is 0.221 e. The van der Waals surface area contributed by atoms with Crippen LogP contribution in [0.1, 0.15) is 88.1 Å². The summed E-state index contributed by atoms with van der Waals surface area (Å²) in [5, 5.41) is 5.21. The predicted molar refractivity (Wildman–Crippen MR) is 200 cm³/mol. The van der Waals surface area contributed by atoms with Crippen LogP contribution >= 0.6 is 0 Å². The van der Waals surface area contributed by atoms with E-state index in [4.69, 9.17) is 0 Å². The molecule has 0 saturated carbocycles. The summed E-state index contributed by atoms with van der Waals surface area (Å²) in [5.41, 5.74) is 10.5. The average Bonchev–Trinajstić information content (AvgIpc) is 3.22. The minimum absolute atomic E-state index is 0.0849. The summed E-state index contributed by atoms with van der Waals surface area (Å²) in [6.45, 7) is 15.4. The molecule has 0 bridgehead atoms. The summed E-state index contributed by atoms with van der Waals surface area (Å²) in [6.07, 6.45) is 10.0. The molecule has 8 rings (SSSR count). The Morgan fingerprint density at radius 2 is 1.53 bits per heavy atom. The molecule has 49 heavy (non-hydrogen) atoms. The van der Waals surface area contributed by atoms with Gasteiger partial charge in [0, 0.05) is 34.1 Å². The van der Waals surface area contributed by atoms with Gasteiger partial charge < -0.3 is 0 Å². The van der Waals surface area contributed by atoms with Crippen molar-refractivity contribution in [2.45, 2.75) is 97.6 Å². The molecule has 1 atom stereocenters. The van der Waals surface area contributed by atoms with Crippen molar-refractivity contribution in [1.29, 1.82) is 0 Å². The molecule has 6 aromatic rings. The Labute approximate surface area is 291 Å². The molecule has 0 radical (unpaired) electrons. The molecule has 248 valence electrons. The van der Waals surface area contributed by atoms with E-state index in [2.05, 4.69) is 142 Å². The van der Waals surface area contributed by atoms with Gasteiger partial charge in [-0.1, -0.05) is 95.6 Å². The number of aryl methyl sites for hydroxylation is 2. The standard InChI is InChI=1S/C46H49FN2/c1-7-10-16-31-20-21-37-40-35(31)25-27-49-29-33(46(8-2,9-3)38-22-23-39(47)42(45(37,5)6)41(38)44(40)49)28-48-26-24-32-17-12-14-19-36(32)43(48)34-18-13-11-15-30(34)4/h11-15,17-27,33H,7-10,16,28-29H2,1-6H3/q+2. The van der Waals surface area contributed by atoms with Crippen molar-refractivity contribution >= 4 is 21.5 Å². The number of benzene rings is 4. The van der Waals surface area contributed by atoms with E-state index in [0.29, 0.717) is 0 Å². The predicted octanol–water partition coefficient (Wildman–Crippen LogP) is 10.7. The van der Waals surface area contributed by atoms with Gasteiger partial charge in [0.25, 0.3) is 0 Å². The lowest BCUT2D eigenvalue weighted by molar-refractivity contribution is -0.728. The molecule has 0 N–H and O–H groups in total. The molecule has 0 fully saturated rings. The van der Waals surface area contributed by atoms with Crippen LogP contribution in [0.4, 0.5) is 4.39 Å². The first-order chi connectivity index (χ1) is 23.7. The number of pyridine rings is 2. The van der Waals surface area contributed by atoms with Gasteiger partial charge >= 0.3 is 0 Å². The van der Waals surface area contributed by atoms with Crippen molar-refractivity contribution < 1.29 is 13.5 Å². The fraction of sp³-hybridized carbons (Fsp3) is 0.348. The van der Waals surface area contributed by atoms with Gasteiger partial charge in [-0.3, -0.25) is 0 Å². The summed E-state index contributed by atoms with van der Waals surface area (Å²) in [7, 11) is 0. The van der Waals surface area contributed by atoms with Gasteiger partial charge in [0.15, 0.2) is 25.5 Å². The Bertz CT molecular complexity index is 2260. The molecule has 2 nitrogen and oxygen atoms in total. The zero-order valence-electron chi connectivity index (χ0n) is 30.0. The van der Waals surface area contributed by atoms with Gasteiger partial charge in [-0.2, -0.15) is 9.13 Å². The zero-order chi connectivity index (χ0) is 34.1. The van der Waals surface area contributed by atoms with Crippen LogP contribution in [0.5, 0.6) is 0 Å². The lowest BCUT2D eigenvalue weighted by atomic mass is 9.61. The smallest absolute Gasteiger partial charge is 0.207 e. The van der Waals surface area contributed by atoms with Gasteiger partial charge in [-0.25, -0.2) is 4.39 Å². The Balaban J connectivity index is 1.42. The van der Waals surface area contributed by atoms with E-state index in [1.807, 2.05) is 0 Å². The SMILES string of the molecule is CCCCc1ccc2c3c4[n+](ccc13)CC(C[n+]1ccc3ccccc3c1-c1ccccc1C)C(CC)(CC)c1ccc(F)c(c1-4)C2(C)C. The fourth-order valence-electron chi connectivity index (χ4n) is 9.86. The molecule has 1 aliphatic carbocycles.